The normalized spacial score (nSPS) is 10.9. The standard InChI is InChI=1S/C18H17F3N2O4/c1-11-6-7-12(17(25)26-2)8-15(11)23-16(24)10-22-13-4-3-5-14(9-13)27-18(19,20)21/h3-9,22H,10H2,1-2H3,(H,23,24). The largest absolute Gasteiger partial charge is 0.573 e. The zero-order valence-corrected chi connectivity index (χ0v) is 14.5. The Bertz CT molecular complexity index is 838. The molecule has 144 valence electrons. The van der Waals surface area contributed by atoms with Gasteiger partial charge in [0.2, 0.25) is 5.91 Å². The molecule has 0 aromatic heterocycles. The van der Waals surface area contributed by atoms with Crippen LogP contribution < -0.4 is 15.4 Å². The van der Waals surface area contributed by atoms with Crippen LogP contribution >= 0.6 is 0 Å². The van der Waals surface area contributed by atoms with Crippen LogP contribution in [0.1, 0.15) is 15.9 Å². The van der Waals surface area contributed by atoms with Crippen molar-refractivity contribution in [3.05, 3.63) is 53.6 Å². The number of aryl methyl sites for hydroxylation is 1. The van der Waals surface area contributed by atoms with Crippen LogP contribution in [0.5, 0.6) is 5.75 Å². The molecule has 1 amide bonds. The number of hydrogen-bond acceptors (Lipinski definition) is 5. The average molecular weight is 382 g/mol. The molecule has 0 saturated heterocycles. The lowest BCUT2D eigenvalue weighted by Crippen LogP contribution is -2.22. The summed E-state index contributed by atoms with van der Waals surface area (Å²) >= 11 is 0. The Kier molecular flexibility index (Phi) is 6.27. The summed E-state index contributed by atoms with van der Waals surface area (Å²) in [4.78, 5) is 23.7. The zero-order chi connectivity index (χ0) is 20.0. The Morgan fingerprint density at radius 1 is 1.11 bits per heavy atom. The zero-order valence-electron chi connectivity index (χ0n) is 14.5. The minimum absolute atomic E-state index is 0.197. The van der Waals surface area contributed by atoms with Gasteiger partial charge in [-0.3, -0.25) is 4.79 Å². The molecule has 0 saturated carbocycles. The maximum Gasteiger partial charge on any atom is 0.573 e. The summed E-state index contributed by atoms with van der Waals surface area (Å²) < 4.78 is 45.2. The highest BCUT2D eigenvalue weighted by molar-refractivity contribution is 5.97. The van der Waals surface area contributed by atoms with Crippen LogP contribution in [0.2, 0.25) is 0 Å². The number of alkyl halides is 3. The van der Waals surface area contributed by atoms with Crippen molar-refractivity contribution in [3.63, 3.8) is 0 Å². The summed E-state index contributed by atoms with van der Waals surface area (Å²) in [5.74, 6) is -1.37. The van der Waals surface area contributed by atoms with E-state index in [1.54, 1.807) is 19.1 Å². The van der Waals surface area contributed by atoms with E-state index in [0.29, 0.717) is 5.69 Å². The summed E-state index contributed by atoms with van der Waals surface area (Å²) in [7, 11) is 1.25. The number of anilines is 2. The molecule has 0 aliphatic carbocycles. The van der Waals surface area contributed by atoms with Crippen LogP contribution in [-0.2, 0) is 9.53 Å². The second-order valence-corrected chi connectivity index (χ2v) is 5.50. The van der Waals surface area contributed by atoms with Crippen molar-refractivity contribution < 1.29 is 32.2 Å². The molecule has 0 heterocycles. The summed E-state index contributed by atoms with van der Waals surface area (Å²) in [6, 6.07) is 9.86. The number of carbonyl (C=O) groups is 2. The van der Waals surface area contributed by atoms with Crippen LogP contribution in [0, 0.1) is 6.92 Å². The van der Waals surface area contributed by atoms with Crippen molar-refractivity contribution in [2.45, 2.75) is 13.3 Å². The molecule has 0 radical (unpaired) electrons. The van der Waals surface area contributed by atoms with E-state index in [9.17, 15) is 22.8 Å². The fraction of sp³-hybridized carbons (Fsp3) is 0.222. The Balaban J connectivity index is 1.99. The number of esters is 1. The molecule has 2 rings (SSSR count). The van der Waals surface area contributed by atoms with Crippen LogP contribution in [-0.4, -0.2) is 31.9 Å². The van der Waals surface area contributed by atoms with Crippen LogP contribution in [0.3, 0.4) is 0 Å². The minimum atomic E-state index is -4.79. The van der Waals surface area contributed by atoms with Gasteiger partial charge in [-0.25, -0.2) is 4.79 Å². The van der Waals surface area contributed by atoms with Gasteiger partial charge in [-0.15, -0.1) is 13.2 Å². The van der Waals surface area contributed by atoms with E-state index in [2.05, 4.69) is 20.1 Å². The SMILES string of the molecule is COC(=O)c1ccc(C)c(NC(=O)CNc2cccc(OC(F)(F)F)c2)c1. The summed E-state index contributed by atoms with van der Waals surface area (Å²) in [6.07, 6.45) is -4.79. The molecule has 0 spiro atoms. The van der Waals surface area contributed by atoms with E-state index in [1.165, 1.54) is 25.3 Å². The molecule has 0 aliphatic rings. The molecular formula is C18H17F3N2O4. The molecular weight excluding hydrogens is 365 g/mol. The highest BCUT2D eigenvalue weighted by Gasteiger charge is 2.31. The number of nitrogens with one attached hydrogen (secondary N) is 2. The molecule has 6 nitrogen and oxygen atoms in total. The first-order valence-corrected chi connectivity index (χ1v) is 7.76. The lowest BCUT2D eigenvalue weighted by molar-refractivity contribution is -0.274. The van der Waals surface area contributed by atoms with E-state index < -0.39 is 24.0 Å². The first kappa shape index (κ1) is 20.1. The molecule has 0 fully saturated rings. The van der Waals surface area contributed by atoms with Crippen molar-refractivity contribution in [2.24, 2.45) is 0 Å². The summed E-state index contributed by atoms with van der Waals surface area (Å²) in [5, 5.41) is 5.34. The van der Waals surface area contributed by atoms with Gasteiger partial charge in [0.1, 0.15) is 5.75 Å². The van der Waals surface area contributed by atoms with Gasteiger partial charge in [-0.1, -0.05) is 12.1 Å². The van der Waals surface area contributed by atoms with Gasteiger partial charge < -0.3 is 20.1 Å². The van der Waals surface area contributed by atoms with Crippen LogP contribution in [0.25, 0.3) is 0 Å². The number of hydrogen-bond donors (Lipinski definition) is 2. The van der Waals surface area contributed by atoms with Gasteiger partial charge in [-0.2, -0.15) is 0 Å². The monoisotopic (exact) mass is 382 g/mol. The Morgan fingerprint density at radius 3 is 2.52 bits per heavy atom. The van der Waals surface area contributed by atoms with E-state index in [0.717, 1.165) is 17.7 Å². The van der Waals surface area contributed by atoms with Gasteiger partial charge in [0.15, 0.2) is 0 Å². The Hall–Kier alpha value is -3.23. The fourth-order valence-electron chi connectivity index (χ4n) is 2.18. The molecule has 0 atom stereocenters. The average Bonchev–Trinajstić information content (AvgIpc) is 2.60. The third-order valence-electron chi connectivity index (χ3n) is 3.45. The number of benzene rings is 2. The van der Waals surface area contributed by atoms with E-state index >= 15 is 0 Å². The topological polar surface area (TPSA) is 76.7 Å². The maximum absolute atomic E-state index is 12.2. The molecule has 0 unspecified atom stereocenters. The third-order valence-corrected chi connectivity index (χ3v) is 3.45. The van der Waals surface area contributed by atoms with Gasteiger partial charge in [0.25, 0.3) is 0 Å². The van der Waals surface area contributed by atoms with Crippen LogP contribution in [0.15, 0.2) is 42.5 Å². The van der Waals surface area contributed by atoms with Crippen molar-refractivity contribution >= 4 is 23.3 Å². The van der Waals surface area contributed by atoms with E-state index in [1.807, 2.05) is 0 Å². The molecule has 0 aliphatic heterocycles. The number of rotatable bonds is 6. The minimum Gasteiger partial charge on any atom is -0.465 e. The smallest absolute Gasteiger partial charge is 0.465 e. The number of carbonyl (C=O) groups excluding carboxylic acids is 2. The Morgan fingerprint density at radius 2 is 1.85 bits per heavy atom. The van der Waals surface area contributed by atoms with Gasteiger partial charge >= 0.3 is 12.3 Å². The van der Waals surface area contributed by atoms with Gasteiger partial charge in [0.05, 0.1) is 19.2 Å². The quantitative estimate of drug-likeness (QED) is 0.745. The molecule has 0 bridgehead atoms. The molecule has 2 aromatic carbocycles. The number of amides is 1. The molecule has 27 heavy (non-hydrogen) atoms. The highest BCUT2D eigenvalue weighted by atomic mass is 19.4. The van der Waals surface area contributed by atoms with Crippen molar-refractivity contribution in [1.82, 2.24) is 0 Å². The second kappa shape index (κ2) is 8.43. The van der Waals surface area contributed by atoms with Crippen LogP contribution in [0.4, 0.5) is 24.5 Å². The maximum atomic E-state index is 12.2. The molecule has 2 N–H and O–H groups in total. The first-order valence-electron chi connectivity index (χ1n) is 7.76. The first-order chi connectivity index (χ1) is 12.7. The lowest BCUT2D eigenvalue weighted by Gasteiger charge is -2.12. The number of ether oxygens (including phenoxy) is 2. The van der Waals surface area contributed by atoms with Crippen molar-refractivity contribution in [3.8, 4) is 5.75 Å². The van der Waals surface area contributed by atoms with Gasteiger partial charge in [-0.05, 0) is 36.8 Å². The number of methoxy groups -OCH3 is 1. The van der Waals surface area contributed by atoms with Crippen molar-refractivity contribution in [2.75, 3.05) is 24.3 Å². The Labute approximate surface area is 153 Å². The third kappa shape index (κ3) is 6.21. The second-order valence-electron chi connectivity index (χ2n) is 5.50. The van der Waals surface area contributed by atoms with Crippen molar-refractivity contribution in [1.29, 1.82) is 0 Å². The lowest BCUT2D eigenvalue weighted by atomic mass is 10.1. The molecule has 9 heteroatoms. The fourth-order valence-corrected chi connectivity index (χ4v) is 2.18. The van der Waals surface area contributed by atoms with E-state index in [-0.39, 0.29) is 17.8 Å². The van der Waals surface area contributed by atoms with Gasteiger partial charge in [0, 0.05) is 17.4 Å². The van der Waals surface area contributed by atoms with E-state index in [4.69, 9.17) is 0 Å². The predicted molar refractivity (Wildman–Crippen MR) is 92.8 cm³/mol. The predicted octanol–water partition coefficient (Wildman–Crippen LogP) is 3.73. The highest BCUT2D eigenvalue weighted by Crippen LogP contribution is 2.25. The summed E-state index contributed by atoms with van der Waals surface area (Å²) in [6.45, 7) is 1.55. The summed E-state index contributed by atoms with van der Waals surface area (Å²) in [5.41, 5.74) is 1.73. The molecule has 2 aromatic rings. The number of halogens is 3.